The fourth-order valence-corrected chi connectivity index (χ4v) is 5.73. The zero-order valence-electron chi connectivity index (χ0n) is 21.9. The summed E-state index contributed by atoms with van der Waals surface area (Å²) >= 11 is 1.50. The zero-order chi connectivity index (χ0) is 26.0. The summed E-state index contributed by atoms with van der Waals surface area (Å²) < 4.78 is 18.2. The van der Waals surface area contributed by atoms with Crippen LogP contribution in [0.15, 0.2) is 23.7 Å². The van der Waals surface area contributed by atoms with E-state index in [4.69, 9.17) is 14.2 Å². The van der Waals surface area contributed by atoms with Crippen molar-refractivity contribution < 1.29 is 23.8 Å². The third kappa shape index (κ3) is 5.42. The Morgan fingerprint density at radius 1 is 1.25 bits per heavy atom. The van der Waals surface area contributed by atoms with Gasteiger partial charge in [0.05, 0.1) is 25.3 Å². The molecule has 0 aliphatic carbocycles. The van der Waals surface area contributed by atoms with Gasteiger partial charge in [0.2, 0.25) is 0 Å². The number of benzene rings is 1. The van der Waals surface area contributed by atoms with Gasteiger partial charge in [0.15, 0.2) is 5.69 Å². The van der Waals surface area contributed by atoms with E-state index in [-0.39, 0.29) is 12.0 Å². The Bertz CT molecular complexity index is 1260. The van der Waals surface area contributed by atoms with Crippen LogP contribution in [0.3, 0.4) is 0 Å². The number of aromatic nitrogens is 2. The van der Waals surface area contributed by atoms with Crippen LogP contribution in [0.4, 0.5) is 4.79 Å². The molecule has 1 aromatic carbocycles. The Morgan fingerprint density at radius 2 is 2.03 bits per heavy atom. The molecule has 1 unspecified atom stereocenters. The number of methoxy groups -OCH3 is 1. The van der Waals surface area contributed by atoms with Gasteiger partial charge in [-0.2, -0.15) is 0 Å². The van der Waals surface area contributed by atoms with Crippen molar-refractivity contribution in [3.8, 4) is 5.75 Å². The van der Waals surface area contributed by atoms with Crippen LogP contribution in [0.1, 0.15) is 79.6 Å². The molecule has 1 saturated heterocycles. The first-order valence-electron chi connectivity index (χ1n) is 12.4. The monoisotopic (exact) mass is 513 g/mol. The Balaban J connectivity index is 1.69. The summed E-state index contributed by atoms with van der Waals surface area (Å²) in [6.45, 7) is 11.2. The highest BCUT2D eigenvalue weighted by Crippen LogP contribution is 2.38. The van der Waals surface area contributed by atoms with Crippen molar-refractivity contribution in [3.63, 3.8) is 0 Å². The van der Waals surface area contributed by atoms with Crippen molar-refractivity contribution in [1.29, 1.82) is 0 Å². The number of likely N-dealkylation sites (tertiary alicyclic amines) is 1. The van der Waals surface area contributed by atoms with Gasteiger partial charge in [0.1, 0.15) is 16.4 Å². The van der Waals surface area contributed by atoms with Crippen LogP contribution in [0.25, 0.3) is 10.9 Å². The molecular formula is C27H35N3O5S. The Hall–Kier alpha value is -2.91. The van der Waals surface area contributed by atoms with E-state index in [1.54, 1.807) is 30.2 Å². The van der Waals surface area contributed by atoms with Crippen molar-refractivity contribution in [3.05, 3.63) is 45.5 Å². The molecule has 3 heterocycles. The molecule has 0 spiro atoms. The van der Waals surface area contributed by atoms with Crippen molar-refractivity contribution in [2.24, 2.45) is 0 Å². The maximum Gasteiger partial charge on any atom is 0.419 e. The summed E-state index contributed by atoms with van der Waals surface area (Å²) in [4.78, 5) is 32.1. The second-order valence-corrected chi connectivity index (χ2v) is 11.0. The first kappa shape index (κ1) is 26.2. The quantitative estimate of drug-likeness (QED) is 0.368. The highest BCUT2D eigenvalue weighted by Gasteiger charge is 2.30. The van der Waals surface area contributed by atoms with Crippen LogP contribution in [-0.2, 0) is 16.0 Å². The number of nitrogens with zero attached hydrogens (tertiary/aromatic N) is 3. The van der Waals surface area contributed by atoms with Gasteiger partial charge in [0, 0.05) is 29.1 Å². The second kappa shape index (κ2) is 10.6. The molecule has 36 heavy (non-hydrogen) atoms. The number of thiazole rings is 1. The lowest BCUT2D eigenvalue weighted by Crippen LogP contribution is -2.33. The topological polar surface area (TPSA) is 82.9 Å². The van der Waals surface area contributed by atoms with Gasteiger partial charge >= 0.3 is 12.1 Å². The van der Waals surface area contributed by atoms with Gasteiger partial charge in [0.25, 0.3) is 0 Å². The largest absolute Gasteiger partial charge is 0.496 e. The zero-order valence-corrected chi connectivity index (χ0v) is 22.7. The minimum atomic E-state index is -0.589. The second-order valence-electron chi connectivity index (χ2n) is 10.1. The van der Waals surface area contributed by atoms with E-state index in [1.165, 1.54) is 11.3 Å². The van der Waals surface area contributed by atoms with Gasteiger partial charge in [-0.1, -0.05) is 6.42 Å². The predicted molar refractivity (Wildman–Crippen MR) is 140 cm³/mol. The highest BCUT2D eigenvalue weighted by molar-refractivity contribution is 7.09. The van der Waals surface area contributed by atoms with Gasteiger partial charge < -0.3 is 14.2 Å². The number of hydrogen-bond acceptors (Lipinski definition) is 8. The molecule has 9 heteroatoms. The summed E-state index contributed by atoms with van der Waals surface area (Å²) in [7, 11) is 1.68. The normalized spacial score (nSPS) is 16.8. The van der Waals surface area contributed by atoms with Crippen molar-refractivity contribution >= 4 is 34.3 Å². The number of fused-ring (bicyclic) bond motifs is 1. The van der Waals surface area contributed by atoms with Gasteiger partial charge in [-0.15, -0.1) is 11.3 Å². The van der Waals surface area contributed by atoms with E-state index in [9.17, 15) is 9.59 Å². The molecule has 3 aromatic rings. The van der Waals surface area contributed by atoms with E-state index >= 15 is 0 Å². The number of hydrogen-bond donors (Lipinski definition) is 0. The average Bonchev–Trinajstić information content (AvgIpc) is 3.48. The minimum Gasteiger partial charge on any atom is -0.496 e. The maximum atomic E-state index is 12.9. The van der Waals surface area contributed by atoms with Crippen LogP contribution in [-0.4, -0.2) is 52.4 Å². The number of esters is 1. The number of aryl methyl sites for hydroxylation is 1. The Kier molecular flexibility index (Phi) is 7.70. The molecule has 4 rings (SSSR count). The molecule has 0 bridgehead atoms. The van der Waals surface area contributed by atoms with E-state index in [1.807, 2.05) is 39.8 Å². The van der Waals surface area contributed by atoms with Crippen LogP contribution in [0.2, 0.25) is 0 Å². The van der Waals surface area contributed by atoms with Crippen molar-refractivity contribution in [2.45, 2.75) is 72.1 Å². The van der Waals surface area contributed by atoms with Gasteiger partial charge in [-0.25, -0.2) is 14.6 Å². The van der Waals surface area contributed by atoms with Crippen LogP contribution >= 0.6 is 11.3 Å². The average molecular weight is 514 g/mol. The van der Waals surface area contributed by atoms with Crippen LogP contribution in [0.5, 0.6) is 5.75 Å². The smallest absolute Gasteiger partial charge is 0.419 e. The lowest BCUT2D eigenvalue weighted by molar-refractivity contribution is 0.0515. The highest BCUT2D eigenvalue weighted by atomic mass is 32.1. The van der Waals surface area contributed by atoms with E-state index in [0.29, 0.717) is 18.8 Å². The molecule has 194 valence electrons. The van der Waals surface area contributed by atoms with Crippen molar-refractivity contribution in [1.82, 2.24) is 14.5 Å². The Morgan fingerprint density at radius 3 is 2.72 bits per heavy atom. The molecule has 1 atom stereocenters. The third-order valence-electron chi connectivity index (χ3n) is 6.31. The van der Waals surface area contributed by atoms with Crippen LogP contribution < -0.4 is 4.74 Å². The first-order valence-corrected chi connectivity index (χ1v) is 13.3. The number of piperidine rings is 1. The molecular weight excluding hydrogens is 478 g/mol. The standard InChI is InChI=1S/C27H35N3O5S/c1-7-34-25(31)20-16-36-24(28-20)21-10-8-9-12-29(21)15-19-18-11-13-30(26(32)35-27(3,4)5)23(18)17(2)14-22(19)33-6/h11,13-14,16,21H,7-10,12,15H2,1-6H3. The van der Waals surface area contributed by atoms with E-state index in [2.05, 4.69) is 9.88 Å². The predicted octanol–water partition coefficient (Wildman–Crippen LogP) is 6.10. The number of carbonyl (C=O) groups is 2. The minimum absolute atomic E-state index is 0.0981. The maximum absolute atomic E-state index is 12.9. The molecule has 0 N–H and O–H groups in total. The lowest BCUT2D eigenvalue weighted by Gasteiger charge is -2.35. The van der Waals surface area contributed by atoms with Crippen LogP contribution in [0, 0.1) is 6.92 Å². The molecule has 8 nitrogen and oxygen atoms in total. The molecule has 0 radical (unpaired) electrons. The van der Waals surface area contributed by atoms with Gasteiger partial charge in [-0.05, 0) is 71.7 Å². The molecule has 1 aliphatic heterocycles. The van der Waals surface area contributed by atoms with Crippen molar-refractivity contribution in [2.75, 3.05) is 20.3 Å². The molecule has 1 fully saturated rings. The number of carbonyl (C=O) groups excluding carboxylic acids is 2. The summed E-state index contributed by atoms with van der Waals surface area (Å²) in [6.07, 6.45) is 4.52. The molecule has 2 aromatic heterocycles. The first-order chi connectivity index (χ1) is 17.1. The molecule has 1 aliphatic rings. The molecule has 0 saturated carbocycles. The summed E-state index contributed by atoms with van der Waals surface area (Å²) in [5.74, 6) is 0.408. The fraction of sp³-hybridized carbons (Fsp3) is 0.519. The summed E-state index contributed by atoms with van der Waals surface area (Å²) in [5.41, 5.74) is 2.57. The number of rotatable bonds is 6. The lowest BCUT2D eigenvalue weighted by atomic mass is 9.99. The van der Waals surface area contributed by atoms with E-state index in [0.717, 1.165) is 58.6 Å². The Labute approximate surface area is 216 Å². The summed E-state index contributed by atoms with van der Waals surface area (Å²) in [5, 5.41) is 3.67. The van der Waals surface area contributed by atoms with E-state index < -0.39 is 11.7 Å². The number of ether oxygens (including phenoxy) is 3. The third-order valence-corrected chi connectivity index (χ3v) is 7.25. The molecule has 0 amide bonds. The fourth-order valence-electron chi connectivity index (χ4n) is 4.77. The summed E-state index contributed by atoms with van der Waals surface area (Å²) in [6, 6.07) is 4.05. The SMILES string of the molecule is CCOC(=O)c1csc(C2CCCCN2Cc2c(OC)cc(C)c3c2ccn3C(=O)OC(C)(C)C)n1. The van der Waals surface area contributed by atoms with Gasteiger partial charge in [-0.3, -0.25) is 9.47 Å².